The summed E-state index contributed by atoms with van der Waals surface area (Å²) in [6.45, 7) is 3.92. The predicted molar refractivity (Wildman–Crippen MR) is 134 cm³/mol. The normalized spacial score (nSPS) is 25.2. The van der Waals surface area contributed by atoms with Crippen LogP contribution >= 0.6 is 0 Å². The minimum atomic E-state index is -0.615. The molecule has 2 saturated carbocycles. The maximum atomic E-state index is 13.6. The molecule has 2 aliphatic rings. The van der Waals surface area contributed by atoms with Crippen molar-refractivity contribution in [3.63, 3.8) is 0 Å². The van der Waals surface area contributed by atoms with Crippen molar-refractivity contribution in [1.29, 1.82) is 0 Å². The van der Waals surface area contributed by atoms with Crippen molar-refractivity contribution in [1.82, 2.24) is 0 Å². The van der Waals surface area contributed by atoms with Gasteiger partial charge in [0.15, 0.2) is 0 Å². The first-order valence-electron chi connectivity index (χ1n) is 13.1. The molecule has 3 heteroatoms. The predicted octanol–water partition coefficient (Wildman–Crippen LogP) is 9.75. The van der Waals surface area contributed by atoms with Gasteiger partial charge >= 0.3 is 0 Å². The lowest BCUT2D eigenvalue weighted by molar-refractivity contribution is 0.235. The number of hydrogen-bond donors (Lipinski definition) is 0. The van der Waals surface area contributed by atoms with Crippen LogP contribution in [0.1, 0.15) is 94.6 Å². The van der Waals surface area contributed by atoms with Gasteiger partial charge in [0.25, 0.3) is 0 Å². The summed E-state index contributed by atoms with van der Waals surface area (Å²) in [7, 11) is 0. The summed E-state index contributed by atoms with van der Waals surface area (Å²) in [5, 5.41) is 0. The van der Waals surface area contributed by atoms with Gasteiger partial charge < -0.3 is 0 Å². The Morgan fingerprint density at radius 2 is 1.33 bits per heavy atom. The summed E-state index contributed by atoms with van der Waals surface area (Å²) in [5.74, 6) is 1.98. The summed E-state index contributed by atoms with van der Waals surface area (Å²) in [6.07, 6.45) is 11.4. The van der Waals surface area contributed by atoms with Gasteiger partial charge in [0.05, 0.1) is 6.67 Å². The van der Waals surface area contributed by atoms with Gasteiger partial charge in [0.2, 0.25) is 0 Å². The van der Waals surface area contributed by atoms with Gasteiger partial charge in [0.1, 0.15) is 12.0 Å². The van der Waals surface area contributed by atoms with Crippen LogP contribution in [0.4, 0.5) is 13.2 Å². The van der Waals surface area contributed by atoms with E-state index in [0.29, 0.717) is 30.2 Å². The molecule has 0 saturated heterocycles. The van der Waals surface area contributed by atoms with Crippen molar-refractivity contribution in [3.05, 3.63) is 59.4 Å². The van der Waals surface area contributed by atoms with E-state index in [1.807, 2.05) is 18.2 Å². The minimum absolute atomic E-state index is 0.108. The Morgan fingerprint density at radius 3 is 1.88 bits per heavy atom. The molecule has 0 heterocycles. The van der Waals surface area contributed by atoms with Gasteiger partial charge in [-0.3, -0.25) is 4.39 Å². The maximum absolute atomic E-state index is 13.6. The molecule has 0 atom stereocenters. The third-order valence-corrected chi connectivity index (χ3v) is 7.72. The Balaban J connectivity index is 0.000000218. The molecule has 0 spiro atoms. The Morgan fingerprint density at radius 1 is 0.758 bits per heavy atom. The summed E-state index contributed by atoms with van der Waals surface area (Å²) in [4.78, 5) is 0. The molecular weight excluding hydrogens is 417 g/mol. The third-order valence-electron chi connectivity index (χ3n) is 7.72. The number of halogens is 3. The number of alkyl halides is 2. The molecule has 0 bridgehead atoms. The molecule has 2 aromatic carbocycles. The lowest BCUT2D eigenvalue weighted by Gasteiger charge is -2.27. The fraction of sp³-hybridized carbons (Fsp3) is 0.600. The van der Waals surface area contributed by atoms with Crippen LogP contribution in [0.15, 0.2) is 42.5 Å². The Labute approximate surface area is 199 Å². The van der Waals surface area contributed by atoms with Gasteiger partial charge in [-0.15, -0.1) is 0 Å². The second kappa shape index (κ2) is 13.2. The molecule has 182 valence electrons. The zero-order chi connectivity index (χ0) is 23.6. The highest BCUT2D eigenvalue weighted by Crippen LogP contribution is 2.35. The van der Waals surface area contributed by atoms with Gasteiger partial charge in [-0.05, 0) is 85.1 Å². The molecule has 0 unspecified atom stereocenters. The van der Waals surface area contributed by atoms with Crippen molar-refractivity contribution in [2.75, 3.05) is 6.67 Å². The second-order valence-corrected chi connectivity index (χ2v) is 10.2. The molecule has 0 radical (unpaired) electrons. The molecule has 4 rings (SSSR count). The Kier molecular flexibility index (Phi) is 10.3. The third kappa shape index (κ3) is 7.90. The summed E-state index contributed by atoms with van der Waals surface area (Å²) in [6, 6.07) is 13.6. The standard InChI is InChI=1S/C19H20F2.C11H21F/c1-13-2-3-17(12-19(13)21)16-6-4-14(5-7-16)15-8-10-18(20)11-9-15;1-2-3-10-4-6-11(7-5-10)8-9-12/h2-7,12,15,18H,8-11H2,1H3;10-11H,2-9H2,1H3. The van der Waals surface area contributed by atoms with Gasteiger partial charge in [0, 0.05) is 0 Å². The van der Waals surface area contributed by atoms with Crippen LogP contribution in [0, 0.1) is 24.6 Å². The van der Waals surface area contributed by atoms with E-state index in [-0.39, 0.29) is 12.5 Å². The van der Waals surface area contributed by atoms with E-state index < -0.39 is 6.17 Å². The number of benzene rings is 2. The second-order valence-electron chi connectivity index (χ2n) is 10.2. The van der Waals surface area contributed by atoms with Crippen LogP contribution < -0.4 is 0 Å². The molecule has 2 aromatic rings. The zero-order valence-electron chi connectivity index (χ0n) is 20.5. The van der Waals surface area contributed by atoms with Crippen LogP contribution in [-0.2, 0) is 0 Å². The largest absolute Gasteiger partial charge is 0.251 e. The number of hydrogen-bond acceptors (Lipinski definition) is 0. The SMILES string of the molecule is CCCC1CCC(CCF)CC1.Cc1ccc(-c2ccc(C3CCC(F)CC3)cc2)cc1F. The Bertz CT molecular complexity index is 799. The van der Waals surface area contributed by atoms with Crippen LogP contribution in [0.2, 0.25) is 0 Å². The summed E-state index contributed by atoms with van der Waals surface area (Å²) >= 11 is 0. The van der Waals surface area contributed by atoms with Crippen LogP contribution in [0.5, 0.6) is 0 Å². The molecule has 0 aromatic heterocycles. The first-order valence-corrected chi connectivity index (χ1v) is 13.1. The molecule has 33 heavy (non-hydrogen) atoms. The van der Waals surface area contributed by atoms with Crippen molar-refractivity contribution in [2.45, 2.75) is 96.6 Å². The molecule has 0 N–H and O–H groups in total. The maximum Gasteiger partial charge on any atom is 0.126 e. The molecule has 0 aliphatic heterocycles. The minimum Gasteiger partial charge on any atom is -0.251 e. The van der Waals surface area contributed by atoms with Crippen molar-refractivity contribution in [2.24, 2.45) is 11.8 Å². The fourth-order valence-corrected chi connectivity index (χ4v) is 5.48. The monoisotopic (exact) mass is 458 g/mol. The first-order chi connectivity index (χ1) is 16.0. The molecule has 2 fully saturated rings. The molecule has 0 nitrogen and oxygen atoms in total. The smallest absolute Gasteiger partial charge is 0.126 e. The average molecular weight is 459 g/mol. The van der Waals surface area contributed by atoms with Gasteiger partial charge in [-0.1, -0.05) is 81.8 Å². The quantitative estimate of drug-likeness (QED) is 0.404. The average Bonchev–Trinajstić information content (AvgIpc) is 2.84. The Hall–Kier alpha value is -1.77. The van der Waals surface area contributed by atoms with E-state index in [1.54, 1.807) is 19.1 Å². The van der Waals surface area contributed by atoms with Crippen LogP contribution in [0.3, 0.4) is 0 Å². The highest BCUT2D eigenvalue weighted by atomic mass is 19.1. The van der Waals surface area contributed by atoms with Crippen LogP contribution in [-0.4, -0.2) is 12.8 Å². The number of rotatable bonds is 6. The van der Waals surface area contributed by atoms with Crippen molar-refractivity contribution >= 4 is 0 Å². The molecule has 0 amide bonds. The van der Waals surface area contributed by atoms with E-state index in [4.69, 9.17) is 0 Å². The van der Waals surface area contributed by atoms with E-state index in [9.17, 15) is 13.2 Å². The molecule has 2 aliphatic carbocycles. The topological polar surface area (TPSA) is 0 Å². The molecular formula is C30H41F3. The van der Waals surface area contributed by atoms with E-state index in [1.165, 1.54) is 44.1 Å². The zero-order valence-corrected chi connectivity index (χ0v) is 20.5. The highest BCUT2D eigenvalue weighted by Gasteiger charge is 2.22. The summed E-state index contributed by atoms with van der Waals surface area (Å²) < 4.78 is 38.9. The van der Waals surface area contributed by atoms with E-state index in [0.717, 1.165) is 36.3 Å². The highest BCUT2D eigenvalue weighted by molar-refractivity contribution is 5.64. The van der Waals surface area contributed by atoms with Gasteiger partial charge in [-0.25, -0.2) is 8.78 Å². The number of aryl methyl sites for hydroxylation is 1. The first kappa shape index (κ1) is 25.8. The fourth-order valence-electron chi connectivity index (χ4n) is 5.48. The van der Waals surface area contributed by atoms with Crippen molar-refractivity contribution in [3.8, 4) is 11.1 Å². The van der Waals surface area contributed by atoms with Gasteiger partial charge in [-0.2, -0.15) is 0 Å². The lowest BCUT2D eigenvalue weighted by atomic mass is 9.79. The van der Waals surface area contributed by atoms with E-state index >= 15 is 0 Å². The summed E-state index contributed by atoms with van der Waals surface area (Å²) in [5.41, 5.74) is 3.87. The van der Waals surface area contributed by atoms with Crippen molar-refractivity contribution < 1.29 is 13.2 Å². The van der Waals surface area contributed by atoms with E-state index in [2.05, 4.69) is 19.1 Å². The lowest BCUT2D eigenvalue weighted by Crippen LogP contribution is -2.14. The van der Waals surface area contributed by atoms with Crippen LogP contribution in [0.25, 0.3) is 11.1 Å².